The smallest absolute Gasteiger partial charge is 0.493 e. The summed E-state index contributed by atoms with van der Waals surface area (Å²) < 4.78 is 107. The highest BCUT2D eigenvalue weighted by Gasteiger charge is 2.38. The van der Waals surface area contributed by atoms with Gasteiger partial charge in [0.1, 0.15) is 22.7 Å². The van der Waals surface area contributed by atoms with E-state index in [1.807, 2.05) is 0 Å². The van der Waals surface area contributed by atoms with Gasteiger partial charge in [0, 0.05) is 16.9 Å². The minimum Gasteiger partial charge on any atom is -0.493 e. The normalized spacial score (nSPS) is 11.7. The van der Waals surface area contributed by atoms with Crippen molar-refractivity contribution in [3.8, 4) is 23.0 Å². The number of nitrogens with zero attached hydrogens (tertiary/aromatic N) is 1. The van der Waals surface area contributed by atoms with Crippen molar-refractivity contribution < 1.29 is 59.7 Å². The minimum absolute atomic E-state index is 0.103. The molecule has 0 atom stereocenters. The first kappa shape index (κ1) is 25.4. The molecule has 0 radical (unpaired) electrons. The molecule has 0 bridgehead atoms. The van der Waals surface area contributed by atoms with Crippen LogP contribution in [0.4, 0.5) is 36.4 Å². The molecule has 3 aromatic rings. The van der Waals surface area contributed by atoms with Crippen molar-refractivity contribution in [3.63, 3.8) is 0 Å². The maximum absolute atomic E-state index is 14.9. The number of amides is 1. The topological polar surface area (TPSA) is 80.9 Å². The molecule has 7 nitrogen and oxygen atoms in total. The molecular formula is C21H14F7N2O5+. The molecule has 2 N–H and O–H groups in total. The van der Waals surface area contributed by atoms with Crippen LogP contribution in [-0.2, 0) is 6.18 Å². The lowest BCUT2D eigenvalue weighted by atomic mass is 10.1. The minimum atomic E-state index is -5.16. The van der Waals surface area contributed by atoms with Crippen LogP contribution in [0.1, 0.15) is 15.9 Å². The standard InChI is InChI=1S/C21H13F7N2O5/c1-33-16-9-12(35-21(26,27)28)4-6-14(16)34-15-7-5-13(20(23,24)25)18(22)17(15)19(31)29-11-3-2-8-30(32)10-11/h2-10H,1H3,(H-,29,31,32)/p+1. The molecule has 0 unspecified atom stereocenters. The largest absolute Gasteiger partial charge is 0.573 e. The lowest BCUT2D eigenvalue weighted by molar-refractivity contribution is -0.904. The second-order valence-electron chi connectivity index (χ2n) is 6.69. The molecule has 0 aliphatic rings. The van der Waals surface area contributed by atoms with Crippen molar-refractivity contribution >= 4 is 11.6 Å². The number of halogens is 7. The number of hydrogen-bond donors (Lipinski definition) is 2. The van der Waals surface area contributed by atoms with Gasteiger partial charge in [-0.15, -0.1) is 13.2 Å². The number of rotatable bonds is 6. The van der Waals surface area contributed by atoms with E-state index in [0.717, 1.165) is 31.5 Å². The van der Waals surface area contributed by atoms with Crippen LogP contribution in [0.25, 0.3) is 0 Å². The molecule has 0 saturated heterocycles. The van der Waals surface area contributed by atoms with Gasteiger partial charge in [-0.1, -0.05) is 0 Å². The number of hydrogen-bond acceptors (Lipinski definition) is 5. The molecule has 14 heteroatoms. The number of ether oxygens (including phenoxy) is 3. The van der Waals surface area contributed by atoms with Crippen LogP contribution < -0.4 is 24.3 Å². The molecule has 0 aliphatic heterocycles. The second kappa shape index (κ2) is 9.56. The summed E-state index contributed by atoms with van der Waals surface area (Å²) in [5, 5.41) is 11.6. The fraction of sp³-hybridized carbons (Fsp3) is 0.143. The molecule has 0 aliphatic carbocycles. The van der Waals surface area contributed by atoms with Gasteiger partial charge in [-0.3, -0.25) is 10.0 Å². The van der Waals surface area contributed by atoms with Gasteiger partial charge >= 0.3 is 12.5 Å². The number of benzene rings is 2. The van der Waals surface area contributed by atoms with Crippen LogP contribution >= 0.6 is 0 Å². The Morgan fingerprint density at radius 3 is 2.29 bits per heavy atom. The van der Waals surface area contributed by atoms with Gasteiger partial charge in [-0.25, -0.2) is 4.39 Å². The van der Waals surface area contributed by atoms with Crippen molar-refractivity contribution in [3.05, 3.63) is 71.8 Å². The first-order valence-corrected chi connectivity index (χ1v) is 9.32. The second-order valence-corrected chi connectivity index (χ2v) is 6.69. The Hall–Kier alpha value is -4.23. The Labute approximate surface area is 191 Å². The van der Waals surface area contributed by atoms with Crippen LogP contribution in [-0.4, -0.2) is 24.6 Å². The molecule has 0 fully saturated rings. The van der Waals surface area contributed by atoms with Gasteiger partial charge in [-0.05, 0) is 30.3 Å². The van der Waals surface area contributed by atoms with Crippen molar-refractivity contribution in [2.75, 3.05) is 12.4 Å². The highest BCUT2D eigenvalue weighted by molar-refractivity contribution is 6.06. The summed E-state index contributed by atoms with van der Waals surface area (Å²) in [7, 11) is 1.06. The molecule has 186 valence electrons. The highest BCUT2D eigenvalue weighted by Crippen LogP contribution is 2.40. The van der Waals surface area contributed by atoms with Gasteiger partial charge in [-0.2, -0.15) is 13.2 Å². The average Bonchev–Trinajstić information content (AvgIpc) is 2.72. The third kappa shape index (κ3) is 6.22. The highest BCUT2D eigenvalue weighted by atomic mass is 19.4. The van der Waals surface area contributed by atoms with Crippen molar-refractivity contribution in [2.45, 2.75) is 12.5 Å². The van der Waals surface area contributed by atoms with Gasteiger partial charge in [0.25, 0.3) is 5.91 Å². The summed E-state index contributed by atoms with van der Waals surface area (Å²) in [6.07, 6.45) is -8.02. The van der Waals surface area contributed by atoms with Gasteiger partial charge in [0.15, 0.2) is 17.3 Å². The molecule has 0 saturated carbocycles. The van der Waals surface area contributed by atoms with Crippen LogP contribution in [0, 0.1) is 5.82 Å². The fourth-order valence-corrected chi connectivity index (χ4v) is 2.85. The SMILES string of the molecule is COc1cc(OC(F)(F)F)ccc1Oc1ccc(C(F)(F)F)c(F)c1C(=O)Nc1ccc[n+](O)c1. The first-order chi connectivity index (χ1) is 16.3. The molecule has 1 heterocycles. The lowest BCUT2D eigenvalue weighted by Crippen LogP contribution is -2.29. The summed E-state index contributed by atoms with van der Waals surface area (Å²) in [6.45, 7) is 0. The molecule has 35 heavy (non-hydrogen) atoms. The van der Waals surface area contributed by atoms with E-state index in [1.54, 1.807) is 0 Å². The summed E-state index contributed by atoms with van der Waals surface area (Å²) >= 11 is 0. The van der Waals surface area contributed by atoms with E-state index in [2.05, 4.69) is 10.1 Å². The summed E-state index contributed by atoms with van der Waals surface area (Å²) in [5.41, 5.74) is -3.03. The summed E-state index contributed by atoms with van der Waals surface area (Å²) in [4.78, 5) is 12.7. The zero-order chi connectivity index (χ0) is 26.0. The van der Waals surface area contributed by atoms with E-state index < -0.39 is 46.9 Å². The van der Waals surface area contributed by atoms with Crippen LogP contribution in [0.3, 0.4) is 0 Å². The monoisotopic (exact) mass is 507 g/mol. The third-order valence-electron chi connectivity index (χ3n) is 4.27. The lowest BCUT2D eigenvalue weighted by Gasteiger charge is -2.17. The van der Waals surface area contributed by atoms with E-state index in [0.29, 0.717) is 16.9 Å². The number of alkyl halides is 6. The Bertz CT molecular complexity index is 1250. The first-order valence-electron chi connectivity index (χ1n) is 9.32. The third-order valence-corrected chi connectivity index (χ3v) is 4.27. The Morgan fingerprint density at radius 2 is 1.69 bits per heavy atom. The molecule has 2 aromatic carbocycles. The van der Waals surface area contributed by atoms with Crippen molar-refractivity contribution in [1.29, 1.82) is 0 Å². The summed E-state index contributed by atoms with van der Waals surface area (Å²) in [6, 6.07) is 6.05. The van der Waals surface area contributed by atoms with Gasteiger partial charge < -0.3 is 19.5 Å². The zero-order valence-electron chi connectivity index (χ0n) is 17.4. The van der Waals surface area contributed by atoms with Crippen LogP contribution in [0.15, 0.2) is 54.9 Å². The number of carbonyl (C=O) groups excluding carboxylic acids is 1. The summed E-state index contributed by atoms with van der Waals surface area (Å²) in [5.74, 6) is -5.45. The van der Waals surface area contributed by atoms with Gasteiger partial charge in [0.2, 0.25) is 12.4 Å². The quantitative estimate of drug-likeness (QED) is 0.268. The van der Waals surface area contributed by atoms with E-state index in [4.69, 9.17) is 9.47 Å². The predicted octanol–water partition coefficient (Wildman–Crippen LogP) is 5.32. The molecular weight excluding hydrogens is 493 g/mol. The Balaban J connectivity index is 2.05. The van der Waals surface area contributed by atoms with Crippen LogP contribution in [0.2, 0.25) is 0 Å². The predicted molar refractivity (Wildman–Crippen MR) is 103 cm³/mol. The van der Waals surface area contributed by atoms with E-state index in [1.165, 1.54) is 18.3 Å². The van der Waals surface area contributed by atoms with Crippen molar-refractivity contribution in [1.82, 2.24) is 0 Å². The number of aromatic nitrogens is 1. The number of anilines is 1. The van der Waals surface area contributed by atoms with Crippen molar-refractivity contribution in [2.24, 2.45) is 0 Å². The number of carbonyl (C=O) groups is 1. The molecule has 0 spiro atoms. The number of pyridine rings is 1. The van der Waals surface area contributed by atoms with E-state index in [9.17, 15) is 40.7 Å². The fourth-order valence-electron chi connectivity index (χ4n) is 2.85. The molecule has 3 rings (SSSR count). The zero-order valence-corrected chi connectivity index (χ0v) is 17.4. The average molecular weight is 507 g/mol. The van der Waals surface area contributed by atoms with E-state index in [-0.39, 0.29) is 17.2 Å². The van der Waals surface area contributed by atoms with E-state index >= 15 is 0 Å². The molecule has 1 aromatic heterocycles. The maximum Gasteiger partial charge on any atom is 0.573 e. The van der Waals surface area contributed by atoms with Gasteiger partial charge in [0.05, 0.1) is 12.7 Å². The number of nitrogens with one attached hydrogen (secondary N) is 1. The van der Waals surface area contributed by atoms with Crippen LogP contribution in [0.5, 0.6) is 23.0 Å². The Morgan fingerprint density at radius 1 is 1.00 bits per heavy atom. The Kier molecular flexibility index (Phi) is 6.94. The number of methoxy groups -OCH3 is 1. The maximum atomic E-state index is 14.9. The molecule has 1 amide bonds.